The zero-order valence-electron chi connectivity index (χ0n) is 12.9. The Kier molecular flexibility index (Phi) is 5.10. The molecule has 0 saturated carbocycles. The number of benzene rings is 1. The Balaban J connectivity index is 1.55. The molecule has 0 spiro atoms. The van der Waals surface area contributed by atoms with Gasteiger partial charge >= 0.3 is 6.09 Å². The smallest absolute Gasteiger partial charge is 0.410 e. The molecule has 2 amide bonds. The second-order valence-electron chi connectivity index (χ2n) is 5.34. The second-order valence-corrected chi connectivity index (χ2v) is 6.26. The fourth-order valence-electron chi connectivity index (χ4n) is 2.41. The van der Waals surface area contributed by atoms with E-state index < -0.39 is 6.09 Å². The number of nitrogens with zero attached hydrogens (tertiary/aromatic N) is 3. The van der Waals surface area contributed by atoms with Gasteiger partial charge in [0, 0.05) is 23.8 Å². The lowest BCUT2D eigenvalue weighted by Gasteiger charge is -2.33. The Morgan fingerprint density at radius 2 is 1.96 bits per heavy atom. The fraction of sp³-hybridized carbons (Fsp3) is 0.235. The molecule has 0 radical (unpaired) electrons. The predicted molar refractivity (Wildman–Crippen MR) is 92.5 cm³/mol. The quantitative estimate of drug-likeness (QED) is 0.809. The van der Waals surface area contributed by atoms with Crippen LogP contribution in [0, 0.1) is 0 Å². The summed E-state index contributed by atoms with van der Waals surface area (Å²) in [6.45, 7) is 0.999. The van der Waals surface area contributed by atoms with E-state index in [9.17, 15) is 9.59 Å². The van der Waals surface area contributed by atoms with Gasteiger partial charge < -0.3 is 4.74 Å². The number of hydrogen-bond donors (Lipinski definition) is 0. The van der Waals surface area contributed by atoms with Crippen molar-refractivity contribution in [3.05, 3.63) is 58.7 Å². The summed E-state index contributed by atoms with van der Waals surface area (Å²) < 4.78 is 6.12. The van der Waals surface area contributed by atoms with Crippen molar-refractivity contribution in [2.75, 3.05) is 24.5 Å². The van der Waals surface area contributed by atoms with Gasteiger partial charge in [-0.3, -0.25) is 14.6 Å². The number of hydrogen-bond acceptors (Lipinski definition) is 4. The molecule has 0 aliphatic carbocycles. The highest BCUT2D eigenvalue weighted by Gasteiger charge is 2.29. The molecular weight excluding hydrogens is 374 g/mol. The van der Waals surface area contributed by atoms with Crippen LogP contribution in [-0.2, 0) is 16.1 Å². The lowest BCUT2D eigenvalue weighted by molar-refractivity contribution is -0.121. The Bertz CT molecular complexity index is 722. The van der Waals surface area contributed by atoms with Gasteiger partial charge in [0.15, 0.2) is 0 Å². The first-order valence-electron chi connectivity index (χ1n) is 7.51. The predicted octanol–water partition coefficient (Wildman–Crippen LogP) is 2.83. The summed E-state index contributed by atoms with van der Waals surface area (Å²) in [6.07, 6.45) is 1.17. The minimum Gasteiger partial charge on any atom is -0.445 e. The number of piperazine rings is 1. The van der Waals surface area contributed by atoms with Crippen LogP contribution in [0.25, 0.3) is 0 Å². The Labute approximate surface area is 148 Å². The highest BCUT2D eigenvalue weighted by Crippen LogP contribution is 2.17. The monoisotopic (exact) mass is 389 g/mol. The first kappa shape index (κ1) is 16.4. The summed E-state index contributed by atoms with van der Waals surface area (Å²) >= 11 is 3.31. The molecule has 24 heavy (non-hydrogen) atoms. The van der Waals surface area contributed by atoms with Crippen LogP contribution in [0.1, 0.15) is 5.56 Å². The normalized spacial score (nSPS) is 14.6. The maximum Gasteiger partial charge on any atom is 0.410 e. The number of carbonyl (C=O) groups excluding carboxylic acids is 2. The zero-order chi connectivity index (χ0) is 16.9. The van der Waals surface area contributed by atoms with E-state index in [1.54, 1.807) is 17.2 Å². The molecule has 1 aromatic carbocycles. The Hall–Kier alpha value is -2.41. The van der Waals surface area contributed by atoms with Crippen LogP contribution in [0.15, 0.2) is 53.1 Å². The molecule has 1 saturated heterocycles. The van der Waals surface area contributed by atoms with Gasteiger partial charge in [0.1, 0.15) is 19.0 Å². The number of aromatic nitrogens is 1. The average molecular weight is 390 g/mol. The van der Waals surface area contributed by atoms with Gasteiger partial charge in [-0.2, -0.15) is 0 Å². The van der Waals surface area contributed by atoms with E-state index in [0.717, 1.165) is 10.0 Å². The summed E-state index contributed by atoms with van der Waals surface area (Å²) in [5.74, 6) is 0.410. The standard InChI is InChI=1S/C17H16BrN3O3/c18-14-6-7-15(19-10-14)21-9-8-20(11-16(21)22)17(23)24-12-13-4-2-1-3-5-13/h1-7,10H,8-9,11-12H2. The molecular formula is C17H16BrN3O3. The number of ether oxygens (including phenoxy) is 1. The topological polar surface area (TPSA) is 62.7 Å². The van der Waals surface area contributed by atoms with Gasteiger partial charge in [-0.1, -0.05) is 30.3 Å². The molecule has 2 aromatic rings. The molecule has 0 atom stereocenters. The van der Waals surface area contributed by atoms with Crippen LogP contribution in [0.4, 0.5) is 10.6 Å². The largest absolute Gasteiger partial charge is 0.445 e. The highest BCUT2D eigenvalue weighted by molar-refractivity contribution is 9.10. The van der Waals surface area contributed by atoms with E-state index in [1.807, 2.05) is 36.4 Å². The molecule has 1 aromatic heterocycles. The summed E-state index contributed by atoms with van der Waals surface area (Å²) in [7, 11) is 0. The molecule has 1 aliphatic heterocycles. The minimum absolute atomic E-state index is 0.00856. The van der Waals surface area contributed by atoms with Crippen molar-refractivity contribution in [3.8, 4) is 0 Å². The second kappa shape index (κ2) is 7.44. The number of halogens is 1. The van der Waals surface area contributed by atoms with E-state index >= 15 is 0 Å². The molecule has 6 nitrogen and oxygen atoms in total. The van der Waals surface area contributed by atoms with Crippen LogP contribution in [0.5, 0.6) is 0 Å². The third-order valence-electron chi connectivity index (χ3n) is 3.67. The third-order valence-corrected chi connectivity index (χ3v) is 4.14. The van der Waals surface area contributed by atoms with Crippen molar-refractivity contribution < 1.29 is 14.3 Å². The molecule has 124 valence electrons. The van der Waals surface area contributed by atoms with Gasteiger partial charge in [-0.05, 0) is 33.6 Å². The molecule has 0 N–H and O–H groups in total. The van der Waals surface area contributed by atoms with E-state index in [0.29, 0.717) is 18.9 Å². The first-order chi connectivity index (χ1) is 11.6. The van der Waals surface area contributed by atoms with E-state index in [1.165, 1.54) is 4.90 Å². The fourth-order valence-corrected chi connectivity index (χ4v) is 2.64. The van der Waals surface area contributed by atoms with Crippen LogP contribution in [0.3, 0.4) is 0 Å². The third kappa shape index (κ3) is 3.91. The van der Waals surface area contributed by atoms with Gasteiger partial charge in [0.2, 0.25) is 5.91 Å². The Morgan fingerprint density at radius 1 is 1.17 bits per heavy atom. The Morgan fingerprint density at radius 3 is 2.62 bits per heavy atom. The van der Waals surface area contributed by atoms with E-state index in [-0.39, 0.29) is 19.1 Å². The van der Waals surface area contributed by atoms with Crippen LogP contribution in [-0.4, -0.2) is 41.5 Å². The van der Waals surface area contributed by atoms with Crippen LogP contribution in [0.2, 0.25) is 0 Å². The van der Waals surface area contributed by atoms with Crippen molar-refractivity contribution in [1.29, 1.82) is 0 Å². The van der Waals surface area contributed by atoms with E-state index in [4.69, 9.17) is 4.74 Å². The number of amides is 2. The average Bonchev–Trinajstić information content (AvgIpc) is 2.61. The summed E-state index contributed by atoms with van der Waals surface area (Å²) in [5.41, 5.74) is 0.912. The lowest BCUT2D eigenvalue weighted by atomic mass is 10.2. The summed E-state index contributed by atoms with van der Waals surface area (Å²) in [5, 5.41) is 0. The van der Waals surface area contributed by atoms with Gasteiger partial charge in [0.05, 0.1) is 0 Å². The highest BCUT2D eigenvalue weighted by atomic mass is 79.9. The molecule has 2 heterocycles. The molecule has 3 rings (SSSR count). The van der Waals surface area contributed by atoms with Crippen molar-refractivity contribution in [2.24, 2.45) is 0 Å². The zero-order valence-corrected chi connectivity index (χ0v) is 14.5. The molecule has 0 bridgehead atoms. The van der Waals surface area contributed by atoms with Crippen LogP contribution < -0.4 is 4.90 Å². The SMILES string of the molecule is O=C(OCc1ccccc1)N1CCN(c2ccc(Br)cn2)C(=O)C1. The number of anilines is 1. The summed E-state index contributed by atoms with van der Waals surface area (Å²) in [4.78, 5) is 31.6. The van der Waals surface area contributed by atoms with Crippen molar-refractivity contribution in [2.45, 2.75) is 6.61 Å². The minimum atomic E-state index is -0.476. The van der Waals surface area contributed by atoms with Gasteiger partial charge in [0.25, 0.3) is 0 Å². The maximum atomic E-state index is 12.3. The van der Waals surface area contributed by atoms with Crippen molar-refractivity contribution in [3.63, 3.8) is 0 Å². The molecule has 7 heteroatoms. The maximum absolute atomic E-state index is 12.3. The lowest BCUT2D eigenvalue weighted by Crippen LogP contribution is -2.52. The number of pyridine rings is 1. The summed E-state index contributed by atoms with van der Waals surface area (Å²) in [6, 6.07) is 13.0. The molecule has 0 unspecified atom stereocenters. The van der Waals surface area contributed by atoms with Crippen molar-refractivity contribution >= 4 is 33.7 Å². The first-order valence-corrected chi connectivity index (χ1v) is 8.30. The molecule has 1 aliphatic rings. The van der Waals surface area contributed by atoms with Gasteiger partial charge in [-0.25, -0.2) is 9.78 Å². The van der Waals surface area contributed by atoms with E-state index in [2.05, 4.69) is 20.9 Å². The van der Waals surface area contributed by atoms with Crippen molar-refractivity contribution in [1.82, 2.24) is 9.88 Å². The van der Waals surface area contributed by atoms with Gasteiger partial charge in [-0.15, -0.1) is 0 Å². The number of carbonyl (C=O) groups is 2. The molecule has 1 fully saturated rings. The van der Waals surface area contributed by atoms with Crippen LogP contribution >= 0.6 is 15.9 Å². The number of rotatable bonds is 3.